The van der Waals surface area contributed by atoms with Crippen molar-refractivity contribution in [1.82, 2.24) is 10.2 Å². The Balaban J connectivity index is 1.60. The SMILES string of the molecule is CC(=O)Nc1ccc(NC(=O)c2ccc(Nc3ccc(N(C)C)cc3)nn2)cc1. The minimum atomic E-state index is -0.369. The second-order valence-electron chi connectivity index (χ2n) is 6.58. The van der Waals surface area contributed by atoms with Crippen LogP contribution >= 0.6 is 0 Å². The maximum absolute atomic E-state index is 12.3. The zero-order chi connectivity index (χ0) is 20.8. The Labute approximate surface area is 169 Å². The Morgan fingerprint density at radius 1 is 0.759 bits per heavy atom. The van der Waals surface area contributed by atoms with Crippen LogP contribution in [0, 0.1) is 0 Å². The van der Waals surface area contributed by atoms with Crippen LogP contribution < -0.4 is 20.9 Å². The van der Waals surface area contributed by atoms with Crippen LogP contribution in [-0.4, -0.2) is 36.1 Å². The number of benzene rings is 2. The van der Waals surface area contributed by atoms with Crippen LogP contribution in [0.25, 0.3) is 0 Å². The summed E-state index contributed by atoms with van der Waals surface area (Å²) < 4.78 is 0. The maximum atomic E-state index is 12.3. The molecule has 0 fully saturated rings. The average molecular weight is 390 g/mol. The number of anilines is 5. The lowest BCUT2D eigenvalue weighted by atomic mass is 10.2. The number of hydrogen-bond acceptors (Lipinski definition) is 6. The van der Waals surface area contributed by atoms with Crippen molar-refractivity contribution < 1.29 is 9.59 Å². The van der Waals surface area contributed by atoms with Gasteiger partial charge in [-0.2, -0.15) is 0 Å². The third-order valence-electron chi connectivity index (χ3n) is 4.02. The van der Waals surface area contributed by atoms with Gasteiger partial charge in [-0.15, -0.1) is 10.2 Å². The van der Waals surface area contributed by atoms with Gasteiger partial charge < -0.3 is 20.9 Å². The number of rotatable bonds is 6. The highest BCUT2D eigenvalue weighted by Gasteiger charge is 2.09. The molecule has 29 heavy (non-hydrogen) atoms. The molecular formula is C21H22N6O2. The third kappa shape index (κ3) is 5.52. The summed E-state index contributed by atoms with van der Waals surface area (Å²) >= 11 is 0. The summed E-state index contributed by atoms with van der Waals surface area (Å²) in [6, 6.07) is 18.0. The predicted octanol–water partition coefficient (Wildman–Crippen LogP) is 3.50. The van der Waals surface area contributed by atoms with E-state index in [2.05, 4.69) is 26.1 Å². The Bertz CT molecular complexity index is 983. The molecule has 0 radical (unpaired) electrons. The average Bonchev–Trinajstić information content (AvgIpc) is 2.70. The Hall–Kier alpha value is -3.94. The van der Waals surface area contributed by atoms with Crippen molar-refractivity contribution in [2.75, 3.05) is 34.9 Å². The number of nitrogens with zero attached hydrogens (tertiary/aromatic N) is 3. The fourth-order valence-corrected chi connectivity index (χ4v) is 2.55. The maximum Gasteiger partial charge on any atom is 0.276 e. The Morgan fingerprint density at radius 2 is 1.34 bits per heavy atom. The summed E-state index contributed by atoms with van der Waals surface area (Å²) in [5.41, 5.74) is 3.42. The lowest BCUT2D eigenvalue weighted by molar-refractivity contribution is -0.114. The summed E-state index contributed by atoms with van der Waals surface area (Å²) in [6.07, 6.45) is 0. The lowest BCUT2D eigenvalue weighted by Crippen LogP contribution is -2.14. The number of hydrogen-bond donors (Lipinski definition) is 3. The van der Waals surface area contributed by atoms with Crippen molar-refractivity contribution in [3.8, 4) is 0 Å². The molecule has 0 saturated carbocycles. The van der Waals surface area contributed by atoms with E-state index < -0.39 is 0 Å². The van der Waals surface area contributed by atoms with Crippen LogP contribution in [0.15, 0.2) is 60.7 Å². The minimum absolute atomic E-state index is 0.153. The second-order valence-corrected chi connectivity index (χ2v) is 6.58. The first-order valence-electron chi connectivity index (χ1n) is 8.98. The monoisotopic (exact) mass is 390 g/mol. The standard InChI is InChI=1S/C21H22N6O2/c1-14(28)22-15-4-6-17(7-5-15)24-21(29)19-12-13-20(26-25-19)23-16-8-10-18(11-9-16)27(2)3/h4-13H,1-3H3,(H,22,28)(H,23,26)(H,24,29). The molecule has 1 heterocycles. The largest absolute Gasteiger partial charge is 0.378 e. The highest BCUT2D eigenvalue weighted by molar-refractivity contribution is 6.03. The van der Waals surface area contributed by atoms with Crippen LogP contribution in [0.2, 0.25) is 0 Å². The van der Waals surface area contributed by atoms with Crippen molar-refractivity contribution in [3.05, 3.63) is 66.4 Å². The van der Waals surface area contributed by atoms with E-state index >= 15 is 0 Å². The molecule has 1 aromatic heterocycles. The number of amides is 2. The topological polar surface area (TPSA) is 99.2 Å². The highest BCUT2D eigenvalue weighted by atomic mass is 16.2. The first kappa shape index (κ1) is 19.8. The van der Waals surface area contributed by atoms with Gasteiger partial charge in [-0.25, -0.2) is 0 Å². The summed E-state index contributed by atoms with van der Waals surface area (Å²) in [4.78, 5) is 25.4. The fourth-order valence-electron chi connectivity index (χ4n) is 2.55. The molecule has 2 aromatic carbocycles. The molecule has 0 aliphatic heterocycles. The summed E-state index contributed by atoms with van der Waals surface area (Å²) in [7, 11) is 3.96. The Kier molecular flexibility index (Phi) is 6.03. The summed E-state index contributed by atoms with van der Waals surface area (Å²) in [5, 5.41) is 16.6. The second kappa shape index (κ2) is 8.83. The molecule has 3 rings (SSSR count). The third-order valence-corrected chi connectivity index (χ3v) is 4.02. The fraction of sp³-hybridized carbons (Fsp3) is 0.143. The molecular weight excluding hydrogens is 368 g/mol. The molecule has 0 aliphatic carbocycles. The molecule has 2 amide bonds. The van der Waals surface area contributed by atoms with E-state index in [9.17, 15) is 9.59 Å². The molecule has 0 unspecified atom stereocenters. The summed E-state index contributed by atoms with van der Waals surface area (Å²) in [6.45, 7) is 1.44. The summed E-state index contributed by atoms with van der Waals surface area (Å²) in [5.74, 6) is 0.0184. The predicted molar refractivity (Wildman–Crippen MR) is 115 cm³/mol. The minimum Gasteiger partial charge on any atom is -0.378 e. The van der Waals surface area contributed by atoms with Gasteiger partial charge in [-0.1, -0.05) is 0 Å². The number of nitrogens with one attached hydrogen (secondary N) is 3. The van der Waals surface area contributed by atoms with E-state index in [0.717, 1.165) is 11.4 Å². The highest BCUT2D eigenvalue weighted by Crippen LogP contribution is 2.19. The van der Waals surface area contributed by atoms with Crippen LogP contribution in [0.1, 0.15) is 17.4 Å². The van der Waals surface area contributed by atoms with Gasteiger partial charge in [0.2, 0.25) is 5.91 Å². The first-order chi connectivity index (χ1) is 13.9. The van der Waals surface area contributed by atoms with Crippen molar-refractivity contribution in [3.63, 3.8) is 0 Å². The van der Waals surface area contributed by atoms with Crippen LogP contribution in [-0.2, 0) is 4.79 Å². The van der Waals surface area contributed by atoms with E-state index in [1.54, 1.807) is 36.4 Å². The molecule has 8 nitrogen and oxygen atoms in total. The van der Waals surface area contributed by atoms with Crippen LogP contribution in [0.5, 0.6) is 0 Å². The van der Waals surface area contributed by atoms with E-state index in [1.807, 2.05) is 43.3 Å². The van der Waals surface area contributed by atoms with Gasteiger partial charge >= 0.3 is 0 Å². The quantitative estimate of drug-likeness (QED) is 0.596. The molecule has 0 atom stereocenters. The van der Waals surface area contributed by atoms with E-state index in [1.165, 1.54) is 6.92 Å². The zero-order valence-corrected chi connectivity index (χ0v) is 16.4. The van der Waals surface area contributed by atoms with Gasteiger partial charge in [0.15, 0.2) is 11.5 Å². The van der Waals surface area contributed by atoms with Crippen molar-refractivity contribution in [2.24, 2.45) is 0 Å². The van der Waals surface area contributed by atoms with Gasteiger partial charge in [0.25, 0.3) is 5.91 Å². The van der Waals surface area contributed by atoms with Crippen molar-refractivity contribution in [2.45, 2.75) is 6.92 Å². The number of carbonyl (C=O) groups excluding carboxylic acids is 2. The van der Waals surface area contributed by atoms with Crippen molar-refractivity contribution >= 4 is 40.4 Å². The molecule has 0 saturated heterocycles. The van der Waals surface area contributed by atoms with Crippen LogP contribution in [0.4, 0.5) is 28.6 Å². The van der Waals surface area contributed by atoms with Crippen molar-refractivity contribution in [1.29, 1.82) is 0 Å². The van der Waals surface area contributed by atoms with Crippen LogP contribution in [0.3, 0.4) is 0 Å². The lowest BCUT2D eigenvalue weighted by Gasteiger charge is -2.13. The molecule has 8 heteroatoms. The number of aromatic nitrogens is 2. The van der Waals surface area contributed by atoms with Gasteiger partial charge in [0.1, 0.15) is 0 Å². The zero-order valence-electron chi connectivity index (χ0n) is 16.4. The van der Waals surface area contributed by atoms with E-state index in [-0.39, 0.29) is 17.5 Å². The smallest absolute Gasteiger partial charge is 0.276 e. The first-order valence-corrected chi connectivity index (χ1v) is 8.98. The molecule has 3 N–H and O–H groups in total. The molecule has 0 spiro atoms. The van der Waals surface area contributed by atoms with E-state index in [4.69, 9.17) is 0 Å². The normalized spacial score (nSPS) is 10.2. The van der Waals surface area contributed by atoms with Gasteiger partial charge in [-0.05, 0) is 60.7 Å². The number of carbonyl (C=O) groups is 2. The molecule has 0 aliphatic rings. The van der Waals surface area contributed by atoms with E-state index in [0.29, 0.717) is 17.2 Å². The van der Waals surface area contributed by atoms with Gasteiger partial charge in [0.05, 0.1) is 0 Å². The molecule has 0 bridgehead atoms. The Morgan fingerprint density at radius 3 is 1.86 bits per heavy atom. The molecule has 148 valence electrons. The van der Waals surface area contributed by atoms with Gasteiger partial charge in [0, 0.05) is 43.8 Å². The van der Waals surface area contributed by atoms with Gasteiger partial charge in [-0.3, -0.25) is 9.59 Å². The molecule has 3 aromatic rings.